The highest BCUT2D eigenvalue weighted by atomic mass is 31.2. The zero-order chi connectivity index (χ0) is 3.58. The molecule has 0 unspecified atom stereocenters. The largest absolute Gasteiger partial charge is 0.328 e. The maximum Gasteiger partial charge on any atom is 0.324 e. The van der Waals surface area contributed by atoms with Crippen LogP contribution in [0.1, 0.15) is 0 Å². The lowest BCUT2D eigenvalue weighted by molar-refractivity contribution is 0.368. The summed E-state index contributed by atoms with van der Waals surface area (Å²) < 4.78 is 0. The molecule has 0 aliphatic heterocycles. The van der Waals surface area contributed by atoms with Crippen molar-refractivity contribution in [1.82, 2.24) is 0 Å². The van der Waals surface area contributed by atoms with Crippen molar-refractivity contribution in [3.63, 3.8) is 0 Å². The van der Waals surface area contributed by atoms with Gasteiger partial charge in [0.1, 0.15) is 0 Å². The maximum atomic E-state index is 7.23. The molecule has 0 rings (SSSR count). The second-order valence-corrected chi connectivity index (χ2v) is 0.805. The Labute approximate surface area is 31.9 Å². The summed E-state index contributed by atoms with van der Waals surface area (Å²) in [7, 11) is -2.62. The summed E-state index contributed by atoms with van der Waals surface area (Å²) in [5.74, 6) is 0. The Kier molecular flexibility index (Phi) is 7.76. The van der Waals surface area contributed by atoms with Gasteiger partial charge in [0.25, 0.3) is 0 Å². The molecule has 0 saturated carbocycles. The normalized spacial score (nSPS) is 7.20. The van der Waals surface area contributed by atoms with E-state index in [1.807, 2.05) is 0 Å². The van der Waals surface area contributed by atoms with Crippen LogP contribution in [0.2, 0.25) is 0 Å². The first kappa shape index (κ1) is 9.00. The van der Waals surface area contributed by atoms with Gasteiger partial charge in [-0.2, -0.15) is 0 Å². The Morgan fingerprint density at radius 2 is 1.00 bits per heavy atom. The minimum atomic E-state index is -2.62. The molecule has 0 aliphatic carbocycles. The van der Waals surface area contributed by atoms with E-state index in [1.54, 1.807) is 0 Å². The molecule has 0 aromatic rings. The van der Waals surface area contributed by atoms with Gasteiger partial charge < -0.3 is 14.7 Å². The Balaban J connectivity index is 0. The molecule has 3 N–H and O–H groups in total. The summed E-state index contributed by atoms with van der Waals surface area (Å²) in [5, 5.41) is 0. The molecule has 0 amide bonds. The van der Waals surface area contributed by atoms with E-state index in [0.29, 0.717) is 0 Å². The van der Waals surface area contributed by atoms with E-state index >= 15 is 0 Å². The van der Waals surface area contributed by atoms with Crippen LogP contribution in [-0.2, 0) is 0 Å². The van der Waals surface area contributed by atoms with Crippen LogP contribution in [0.3, 0.4) is 0 Å². The van der Waals surface area contributed by atoms with Crippen molar-refractivity contribution in [3.05, 3.63) is 7.43 Å². The lowest BCUT2D eigenvalue weighted by Gasteiger charge is -1.76. The van der Waals surface area contributed by atoms with Gasteiger partial charge in [-0.25, -0.2) is 0 Å². The van der Waals surface area contributed by atoms with Crippen molar-refractivity contribution < 1.29 is 14.7 Å². The average molecular weight is 95.0 g/mol. The second-order valence-electron chi connectivity index (χ2n) is 0.268. The molecule has 0 aromatic heterocycles. The van der Waals surface area contributed by atoms with E-state index in [9.17, 15) is 0 Å². The van der Waals surface area contributed by atoms with Crippen molar-refractivity contribution >= 4 is 8.60 Å². The number of hydrogen-bond donors (Lipinski definition) is 3. The summed E-state index contributed by atoms with van der Waals surface area (Å²) in [5.41, 5.74) is 0. The molecule has 0 saturated heterocycles. The summed E-state index contributed by atoms with van der Waals surface area (Å²) in [6.45, 7) is 0. The fraction of sp³-hybridized carbons (Fsp3) is 0. The van der Waals surface area contributed by atoms with Crippen molar-refractivity contribution in [3.8, 4) is 0 Å². The number of rotatable bonds is 0. The number of hydrogen-bond acceptors (Lipinski definition) is 3. The van der Waals surface area contributed by atoms with Crippen LogP contribution in [0.15, 0.2) is 0 Å². The molecule has 0 fully saturated rings. The molecule has 0 atom stereocenters. The van der Waals surface area contributed by atoms with Crippen LogP contribution in [-0.4, -0.2) is 14.7 Å². The molecular formula is CH4O3P. The molecule has 0 spiro atoms. The Bertz CT molecular complexity index is 11.6. The van der Waals surface area contributed by atoms with Gasteiger partial charge in [0.05, 0.1) is 0 Å². The van der Waals surface area contributed by atoms with E-state index in [1.165, 1.54) is 0 Å². The maximum absolute atomic E-state index is 7.23. The molecule has 4 heteroatoms. The van der Waals surface area contributed by atoms with E-state index in [4.69, 9.17) is 14.7 Å². The highest BCUT2D eigenvalue weighted by Gasteiger charge is 1.76. The lowest BCUT2D eigenvalue weighted by atomic mass is 12.0. The van der Waals surface area contributed by atoms with Crippen molar-refractivity contribution in [2.75, 3.05) is 0 Å². The monoisotopic (exact) mass is 95.0 g/mol. The van der Waals surface area contributed by atoms with Crippen LogP contribution in [0.4, 0.5) is 0 Å². The van der Waals surface area contributed by atoms with E-state index in [-0.39, 0.29) is 7.43 Å². The van der Waals surface area contributed by atoms with Crippen LogP contribution in [0, 0.1) is 7.43 Å². The zero-order valence-corrected chi connectivity index (χ0v) is 3.26. The van der Waals surface area contributed by atoms with Crippen molar-refractivity contribution in [2.24, 2.45) is 0 Å². The van der Waals surface area contributed by atoms with Gasteiger partial charge in [-0.1, -0.05) is 0 Å². The van der Waals surface area contributed by atoms with Crippen molar-refractivity contribution in [1.29, 1.82) is 0 Å². The molecule has 0 heterocycles. The van der Waals surface area contributed by atoms with Gasteiger partial charge in [-0.3, -0.25) is 0 Å². The van der Waals surface area contributed by atoms with Crippen LogP contribution in [0.5, 0.6) is 0 Å². The van der Waals surface area contributed by atoms with Crippen molar-refractivity contribution in [2.45, 2.75) is 0 Å². The molecule has 3 radical (unpaired) electrons. The first-order valence-electron chi connectivity index (χ1n) is 0.600. The molecule has 3 nitrogen and oxygen atoms in total. The summed E-state index contributed by atoms with van der Waals surface area (Å²) >= 11 is 0. The second kappa shape index (κ2) is 4.31. The SMILES string of the molecule is OP(O)O.[CH]. The molecule has 5 heavy (non-hydrogen) atoms. The molecule has 0 aromatic carbocycles. The molecule has 0 bridgehead atoms. The predicted molar refractivity (Wildman–Crippen MR) is 17.9 cm³/mol. The van der Waals surface area contributed by atoms with E-state index < -0.39 is 8.60 Å². The summed E-state index contributed by atoms with van der Waals surface area (Å²) in [6, 6.07) is 0. The highest BCUT2D eigenvalue weighted by Crippen LogP contribution is 2.11. The van der Waals surface area contributed by atoms with Gasteiger partial charge in [-0.05, 0) is 7.43 Å². The molecule has 31 valence electrons. The van der Waals surface area contributed by atoms with Crippen LogP contribution >= 0.6 is 8.60 Å². The first-order valence-corrected chi connectivity index (χ1v) is 1.80. The highest BCUT2D eigenvalue weighted by molar-refractivity contribution is 7.38. The summed E-state index contributed by atoms with van der Waals surface area (Å²) in [6.07, 6.45) is 0. The minimum Gasteiger partial charge on any atom is -0.328 e. The quantitative estimate of drug-likeness (QED) is 0.352. The van der Waals surface area contributed by atoms with Gasteiger partial charge >= 0.3 is 8.60 Å². The van der Waals surface area contributed by atoms with Gasteiger partial charge in [0, 0.05) is 0 Å². The Morgan fingerprint density at radius 1 is 1.00 bits per heavy atom. The zero-order valence-electron chi connectivity index (χ0n) is 2.37. The third kappa shape index (κ3) is 239. The topological polar surface area (TPSA) is 60.7 Å². The minimum absolute atomic E-state index is 0. The Morgan fingerprint density at radius 3 is 1.00 bits per heavy atom. The van der Waals surface area contributed by atoms with E-state index in [2.05, 4.69) is 0 Å². The molecule has 0 aliphatic rings. The third-order valence-corrected chi connectivity index (χ3v) is 0. The average Bonchev–Trinajstić information content (AvgIpc) is 0.811. The van der Waals surface area contributed by atoms with Gasteiger partial charge in [-0.15, -0.1) is 0 Å². The van der Waals surface area contributed by atoms with E-state index in [0.717, 1.165) is 0 Å². The Hall–Kier alpha value is 0.310. The smallest absolute Gasteiger partial charge is 0.324 e. The lowest BCUT2D eigenvalue weighted by Crippen LogP contribution is -1.54. The van der Waals surface area contributed by atoms with Gasteiger partial charge in [0.2, 0.25) is 0 Å². The van der Waals surface area contributed by atoms with Crippen LogP contribution < -0.4 is 0 Å². The first-order chi connectivity index (χ1) is 1.73. The fourth-order valence-electron chi connectivity index (χ4n) is 0. The standard InChI is InChI=1S/CH.H3O3P/c;1-4(2)3/h1H;1-3H. The van der Waals surface area contributed by atoms with Gasteiger partial charge in [0.15, 0.2) is 0 Å². The van der Waals surface area contributed by atoms with Crippen LogP contribution in [0.25, 0.3) is 0 Å². The fourth-order valence-corrected chi connectivity index (χ4v) is 0. The molecular weight excluding hydrogens is 91.0 g/mol. The predicted octanol–water partition coefficient (Wildman–Crippen LogP) is -0.606. The summed E-state index contributed by atoms with van der Waals surface area (Å²) in [4.78, 5) is 21.7. The third-order valence-electron chi connectivity index (χ3n) is 0.